The van der Waals surface area contributed by atoms with Crippen LogP contribution in [0.15, 0.2) is 29.3 Å². The van der Waals surface area contributed by atoms with Gasteiger partial charge in [-0.05, 0) is 25.0 Å². The van der Waals surface area contributed by atoms with Crippen molar-refractivity contribution in [2.24, 2.45) is 4.99 Å². The van der Waals surface area contributed by atoms with Gasteiger partial charge in [-0.1, -0.05) is 54.3 Å². The first-order valence-electron chi connectivity index (χ1n) is 8.10. The van der Waals surface area contributed by atoms with Crippen molar-refractivity contribution in [2.45, 2.75) is 44.7 Å². The molecule has 0 bridgehead atoms. The molecule has 7 heteroatoms. The van der Waals surface area contributed by atoms with Gasteiger partial charge in [-0.25, -0.2) is 4.68 Å². The first-order chi connectivity index (χ1) is 11.7. The van der Waals surface area contributed by atoms with E-state index in [2.05, 4.69) is 5.10 Å². The summed E-state index contributed by atoms with van der Waals surface area (Å²) in [5.74, 6) is -0.326. The van der Waals surface area contributed by atoms with Crippen molar-refractivity contribution in [3.8, 4) is 10.6 Å². The van der Waals surface area contributed by atoms with Crippen LogP contribution >= 0.6 is 22.9 Å². The molecule has 24 heavy (non-hydrogen) atoms. The Hall–Kier alpha value is -1.66. The zero-order valence-corrected chi connectivity index (χ0v) is 15.1. The lowest BCUT2D eigenvalue weighted by Crippen LogP contribution is -2.25. The predicted molar refractivity (Wildman–Crippen MR) is 95.0 cm³/mol. The van der Waals surface area contributed by atoms with E-state index in [4.69, 9.17) is 21.3 Å². The van der Waals surface area contributed by atoms with Crippen molar-refractivity contribution in [3.63, 3.8) is 0 Å². The van der Waals surface area contributed by atoms with E-state index in [1.807, 2.05) is 24.3 Å². The van der Waals surface area contributed by atoms with Crippen LogP contribution in [-0.2, 0) is 16.1 Å². The number of hydrogen-bond acceptors (Lipinski definition) is 5. The van der Waals surface area contributed by atoms with Gasteiger partial charge < -0.3 is 4.74 Å². The molecule has 3 rings (SSSR count). The average molecular weight is 366 g/mol. The second-order valence-corrected chi connectivity index (χ2v) is 7.24. The number of ether oxygens (including phenoxy) is 1. The van der Waals surface area contributed by atoms with Crippen LogP contribution in [0.2, 0.25) is 5.02 Å². The molecule has 128 valence electrons. The normalized spacial score (nSPS) is 16.3. The average Bonchev–Trinajstić information content (AvgIpc) is 2.98. The maximum Gasteiger partial charge on any atom is 0.327 e. The summed E-state index contributed by atoms with van der Waals surface area (Å²) < 4.78 is 6.42. The van der Waals surface area contributed by atoms with E-state index < -0.39 is 0 Å². The van der Waals surface area contributed by atoms with E-state index in [9.17, 15) is 4.79 Å². The van der Waals surface area contributed by atoms with Crippen LogP contribution in [-0.4, -0.2) is 28.9 Å². The molecule has 1 aliphatic carbocycles. The SMILES string of the molecule is COC(=O)Cn1nc(-c2ccc(Cl)cc2)s/c1=N\C1CCCCC1. The minimum absolute atomic E-state index is 0.0755. The van der Waals surface area contributed by atoms with Gasteiger partial charge in [0.15, 0.2) is 0 Å². The Balaban J connectivity index is 1.96. The van der Waals surface area contributed by atoms with Gasteiger partial charge in [0.05, 0.1) is 13.2 Å². The number of carbonyl (C=O) groups is 1. The molecule has 1 fully saturated rings. The molecule has 0 saturated heterocycles. The number of hydrogen-bond donors (Lipinski definition) is 0. The Morgan fingerprint density at radius 1 is 1.33 bits per heavy atom. The Kier molecular flexibility index (Phi) is 5.68. The summed E-state index contributed by atoms with van der Waals surface area (Å²) in [6.07, 6.45) is 5.92. The molecular formula is C17H20ClN3O2S. The van der Waals surface area contributed by atoms with Crippen molar-refractivity contribution in [1.29, 1.82) is 0 Å². The lowest BCUT2D eigenvalue weighted by atomic mass is 9.96. The van der Waals surface area contributed by atoms with E-state index in [-0.39, 0.29) is 12.5 Å². The number of halogens is 1. The quantitative estimate of drug-likeness (QED) is 0.777. The molecule has 1 aliphatic rings. The lowest BCUT2D eigenvalue weighted by Gasteiger charge is -2.16. The Bertz CT molecular complexity index is 761. The summed E-state index contributed by atoms with van der Waals surface area (Å²) in [5.41, 5.74) is 0.966. The van der Waals surface area contributed by atoms with Gasteiger partial charge >= 0.3 is 5.97 Å². The summed E-state index contributed by atoms with van der Waals surface area (Å²) in [6.45, 7) is 0.0755. The second-order valence-electron chi connectivity index (χ2n) is 5.85. The molecule has 1 aromatic carbocycles. The smallest absolute Gasteiger partial charge is 0.327 e. The largest absolute Gasteiger partial charge is 0.468 e. The van der Waals surface area contributed by atoms with Crippen LogP contribution in [0, 0.1) is 0 Å². The molecule has 0 radical (unpaired) electrons. The number of rotatable bonds is 4. The Labute approximate surface area is 149 Å². The maximum atomic E-state index is 11.7. The van der Waals surface area contributed by atoms with Crippen molar-refractivity contribution in [1.82, 2.24) is 9.78 Å². The van der Waals surface area contributed by atoms with Gasteiger partial charge in [0.1, 0.15) is 11.6 Å². The van der Waals surface area contributed by atoms with Gasteiger partial charge in [0.25, 0.3) is 0 Å². The molecular weight excluding hydrogens is 346 g/mol. The maximum absolute atomic E-state index is 11.7. The molecule has 0 unspecified atom stereocenters. The summed E-state index contributed by atoms with van der Waals surface area (Å²) in [5, 5.41) is 6.07. The third-order valence-corrected chi connectivity index (χ3v) is 5.35. The molecule has 5 nitrogen and oxygen atoms in total. The van der Waals surface area contributed by atoms with Gasteiger partial charge in [-0.3, -0.25) is 9.79 Å². The van der Waals surface area contributed by atoms with Gasteiger partial charge in [-0.15, -0.1) is 0 Å². The van der Waals surface area contributed by atoms with E-state index in [1.54, 1.807) is 4.68 Å². The van der Waals surface area contributed by atoms with Crippen molar-refractivity contribution in [2.75, 3.05) is 7.11 Å². The highest BCUT2D eigenvalue weighted by Gasteiger charge is 2.15. The van der Waals surface area contributed by atoms with Crippen LogP contribution in [0.5, 0.6) is 0 Å². The number of esters is 1. The van der Waals surface area contributed by atoms with Crippen molar-refractivity contribution < 1.29 is 9.53 Å². The highest BCUT2D eigenvalue weighted by molar-refractivity contribution is 7.12. The number of benzene rings is 1. The van der Waals surface area contributed by atoms with E-state index in [0.717, 1.165) is 28.2 Å². The molecule has 1 heterocycles. The van der Waals surface area contributed by atoms with Crippen molar-refractivity contribution >= 4 is 28.9 Å². The second kappa shape index (κ2) is 7.94. The zero-order valence-electron chi connectivity index (χ0n) is 13.6. The van der Waals surface area contributed by atoms with Crippen molar-refractivity contribution in [3.05, 3.63) is 34.1 Å². The van der Waals surface area contributed by atoms with Crippen LogP contribution in [0.25, 0.3) is 10.6 Å². The highest BCUT2D eigenvalue weighted by Crippen LogP contribution is 2.23. The third-order valence-electron chi connectivity index (χ3n) is 4.09. The lowest BCUT2D eigenvalue weighted by molar-refractivity contribution is -0.141. The molecule has 1 saturated carbocycles. The fraction of sp³-hybridized carbons (Fsp3) is 0.471. The monoisotopic (exact) mass is 365 g/mol. The number of nitrogens with zero attached hydrogens (tertiary/aromatic N) is 3. The van der Waals surface area contributed by atoms with Crippen LogP contribution in [0.1, 0.15) is 32.1 Å². The number of carbonyl (C=O) groups excluding carboxylic acids is 1. The molecule has 0 aliphatic heterocycles. The molecule has 2 aromatic rings. The van der Waals surface area contributed by atoms with Gasteiger partial charge in [-0.2, -0.15) is 5.10 Å². The highest BCUT2D eigenvalue weighted by atomic mass is 35.5. The molecule has 0 spiro atoms. The van der Waals surface area contributed by atoms with Crippen LogP contribution < -0.4 is 4.80 Å². The number of methoxy groups -OCH3 is 1. The molecule has 0 atom stereocenters. The Morgan fingerprint density at radius 2 is 2.04 bits per heavy atom. The van der Waals surface area contributed by atoms with E-state index in [0.29, 0.717) is 11.1 Å². The van der Waals surface area contributed by atoms with E-state index >= 15 is 0 Å². The number of aromatic nitrogens is 2. The van der Waals surface area contributed by atoms with Crippen LogP contribution in [0.4, 0.5) is 0 Å². The Morgan fingerprint density at radius 3 is 2.71 bits per heavy atom. The summed E-state index contributed by atoms with van der Waals surface area (Å²) in [4.78, 5) is 17.3. The first kappa shape index (κ1) is 17.2. The zero-order chi connectivity index (χ0) is 16.9. The standard InChI is InChI=1S/C17H20ClN3O2S/c1-23-15(22)11-21-17(19-14-5-3-2-4-6-14)24-16(20-21)12-7-9-13(18)10-8-12/h7-10,14H,2-6,11H2,1H3/b19-17-. The fourth-order valence-corrected chi connectivity index (χ4v) is 3.88. The molecule has 1 aromatic heterocycles. The van der Waals surface area contributed by atoms with E-state index in [1.165, 1.54) is 37.7 Å². The predicted octanol–water partition coefficient (Wildman–Crippen LogP) is 3.67. The minimum atomic E-state index is -0.326. The topological polar surface area (TPSA) is 56.5 Å². The summed E-state index contributed by atoms with van der Waals surface area (Å²) >= 11 is 7.45. The van der Waals surface area contributed by atoms with Gasteiger partial charge in [0.2, 0.25) is 4.80 Å². The van der Waals surface area contributed by atoms with Crippen LogP contribution in [0.3, 0.4) is 0 Å². The summed E-state index contributed by atoms with van der Waals surface area (Å²) in [7, 11) is 1.38. The minimum Gasteiger partial charge on any atom is -0.468 e. The third kappa shape index (κ3) is 4.24. The fourth-order valence-electron chi connectivity index (χ4n) is 2.77. The summed E-state index contributed by atoms with van der Waals surface area (Å²) in [6, 6.07) is 7.84. The molecule has 0 N–H and O–H groups in total. The molecule has 0 amide bonds. The first-order valence-corrected chi connectivity index (χ1v) is 9.29. The van der Waals surface area contributed by atoms with Gasteiger partial charge in [0, 0.05) is 10.6 Å².